The monoisotopic (exact) mass is 400 g/mol. The van der Waals surface area contributed by atoms with E-state index in [0.717, 1.165) is 36.8 Å². The van der Waals surface area contributed by atoms with Crippen molar-refractivity contribution in [2.75, 3.05) is 31.1 Å². The Morgan fingerprint density at radius 2 is 2.00 bits per heavy atom. The highest BCUT2D eigenvalue weighted by atomic mass is 32.1. The standard InChI is InChI=1S/C19H18FN5O2S/c20-13-4-1-2-5-14(13)23-7-9-24(10-8-23)16(15-6-3-11-27-15)17-18(26)25-19(28-17)21-12-22-25/h1-6,11-12,16,26H,7-10H2/p+1/t16-/m0/s1. The summed E-state index contributed by atoms with van der Waals surface area (Å²) in [4.78, 5) is 8.94. The largest absolute Gasteiger partial charge is 0.492 e. The number of piperazine rings is 1. The maximum absolute atomic E-state index is 14.1. The molecule has 1 atom stereocenters. The molecule has 0 amide bonds. The number of aromatic nitrogens is 3. The molecule has 4 heterocycles. The van der Waals surface area contributed by atoms with Crippen LogP contribution < -0.4 is 9.80 Å². The third-order valence-electron chi connectivity index (χ3n) is 5.24. The maximum atomic E-state index is 14.1. The van der Waals surface area contributed by atoms with Gasteiger partial charge in [-0.25, -0.2) is 9.37 Å². The van der Waals surface area contributed by atoms with Gasteiger partial charge in [0.05, 0.1) is 38.1 Å². The van der Waals surface area contributed by atoms with Gasteiger partial charge in [-0.05, 0) is 24.3 Å². The van der Waals surface area contributed by atoms with Gasteiger partial charge in [0.25, 0.3) is 0 Å². The lowest BCUT2D eigenvalue weighted by Gasteiger charge is -2.36. The molecule has 144 valence electrons. The van der Waals surface area contributed by atoms with Crippen LogP contribution in [0.2, 0.25) is 0 Å². The number of nitrogens with zero attached hydrogens (tertiary/aromatic N) is 4. The fourth-order valence-electron chi connectivity index (χ4n) is 3.89. The van der Waals surface area contributed by atoms with Crippen LogP contribution >= 0.6 is 11.3 Å². The summed E-state index contributed by atoms with van der Waals surface area (Å²) in [5.41, 5.74) is 0.637. The van der Waals surface area contributed by atoms with Gasteiger partial charge in [0.1, 0.15) is 17.0 Å². The van der Waals surface area contributed by atoms with E-state index in [9.17, 15) is 9.50 Å². The Kier molecular flexibility index (Phi) is 4.25. The van der Waals surface area contributed by atoms with E-state index in [-0.39, 0.29) is 17.7 Å². The molecule has 2 N–H and O–H groups in total. The van der Waals surface area contributed by atoms with Crippen LogP contribution in [0.25, 0.3) is 4.96 Å². The molecule has 0 bridgehead atoms. The molecule has 0 aliphatic carbocycles. The fourth-order valence-corrected chi connectivity index (χ4v) is 4.98. The smallest absolute Gasteiger partial charge is 0.235 e. The normalized spacial score (nSPS) is 16.7. The molecule has 1 aliphatic heterocycles. The van der Waals surface area contributed by atoms with Crippen LogP contribution in [0, 0.1) is 5.82 Å². The van der Waals surface area contributed by atoms with Gasteiger partial charge >= 0.3 is 0 Å². The molecule has 5 rings (SSSR count). The Hall–Kier alpha value is -2.91. The fraction of sp³-hybridized carbons (Fsp3) is 0.263. The first-order valence-electron chi connectivity index (χ1n) is 9.11. The summed E-state index contributed by atoms with van der Waals surface area (Å²) in [5, 5.41) is 14.8. The molecule has 3 aromatic heterocycles. The van der Waals surface area contributed by atoms with Gasteiger partial charge in [-0.15, -0.1) is 0 Å². The van der Waals surface area contributed by atoms with Crippen molar-refractivity contribution >= 4 is 22.0 Å². The number of para-hydroxylation sites is 1. The van der Waals surface area contributed by atoms with Crippen molar-refractivity contribution in [3.63, 3.8) is 0 Å². The van der Waals surface area contributed by atoms with E-state index in [4.69, 9.17) is 4.42 Å². The summed E-state index contributed by atoms with van der Waals surface area (Å²) in [6.07, 6.45) is 3.07. The zero-order valence-electron chi connectivity index (χ0n) is 15.0. The predicted octanol–water partition coefficient (Wildman–Crippen LogP) is 1.72. The summed E-state index contributed by atoms with van der Waals surface area (Å²) in [7, 11) is 0. The van der Waals surface area contributed by atoms with Gasteiger partial charge in [0, 0.05) is 0 Å². The molecule has 1 fully saturated rings. The number of nitrogens with one attached hydrogen (secondary N) is 1. The highest BCUT2D eigenvalue weighted by molar-refractivity contribution is 7.17. The van der Waals surface area contributed by atoms with Gasteiger partial charge in [-0.3, -0.25) is 0 Å². The van der Waals surface area contributed by atoms with Gasteiger partial charge in [-0.2, -0.15) is 9.61 Å². The van der Waals surface area contributed by atoms with Crippen molar-refractivity contribution in [2.45, 2.75) is 6.04 Å². The summed E-state index contributed by atoms with van der Waals surface area (Å²) < 4.78 is 21.3. The first-order valence-corrected chi connectivity index (χ1v) is 9.93. The second-order valence-corrected chi connectivity index (χ2v) is 7.80. The number of quaternary nitrogens is 1. The summed E-state index contributed by atoms with van der Waals surface area (Å²) in [6.45, 7) is 3.00. The van der Waals surface area contributed by atoms with Gasteiger partial charge in [0.15, 0.2) is 11.8 Å². The van der Waals surface area contributed by atoms with Crippen LogP contribution in [0.4, 0.5) is 10.1 Å². The first kappa shape index (κ1) is 17.2. The van der Waals surface area contributed by atoms with Crippen molar-refractivity contribution in [1.82, 2.24) is 14.6 Å². The van der Waals surface area contributed by atoms with Crippen LogP contribution in [0.15, 0.2) is 53.4 Å². The molecule has 4 aromatic rings. The van der Waals surface area contributed by atoms with Crippen molar-refractivity contribution in [3.05, 3.63) is 65.4 Å². The summed E-state index contributed by atoms with van der Waals surface area (Å²) in [6, 6.07) is 10.5. The first-order chi connectivity index (χ1) is 13.7. The Morgan fingerprint density at radius 1 is 1.18 bits per heavy atom. The van der Waals surface area contributed by atoms with Crippen molar-refractivity contribution < 1.29 is 18.8 Å². The van der Waals surface area contributed by atoms with Crippen molar-refractivity contribution in [2.24, 2.45) is 0 Å². The molecule has 28 heavy (non-hydrogen) atoms. The number of fused-ring (bicyclic) bond motifs is 1. The quantitative estimate of drug-likeness (QED) is 0.546. The predicted molar refractivity (Wildman–Crippen MR) is 102 cm³/mol. The summed E-state index contributed by atoms with van der Waals surface area (Å²) in [5.74, 6) is 0.689. The van der Waals surface area contributed by atoms with E-state index in [1.54, 1.807) is 12.3 Å². The third kappa shape index (κ3) is 2.83. The highest BCUT2D eigenvalue weighted by Crippen LogP contribution is 2.34. The van der Waals surface area contributed by atoms with Crippen LogP contribution in [0.3, 0.4) is 0 Å². The Labute approximate surface area is 164 Å². The highest BCUT2D eigenvalue weighted by Gasteiger charge is 2.36. The number of thiazole rings is 1. The number of hydrogen-bond donors (Lipinski definition) is 2. The molecule has 1 saturated heterocycles. The average molecular weight is 400 g/mol. The lowest BCUT2D eigenvalue weighted by atomic mass is 10.1. The number of halogens is 1. The van der Waals surface area contributed by atoms with Gasteiger partial charge in [-0.1, -0.05) is 23.5 Å². The molecule has 0 unspecified atom stereocenters. The molecule has 0 radical (unpaired) electrons. The van der Waals surface area contributed by atoms with Crippen LogP contribution in [-0.4, -0.2) is 45.9 Å². The molecule has 1 aromatic carbocycles. The molecule has 1 aliphatic rings. The number of aromatic hydroxyl groups is 1. The maximum Gasteiger partial charge on any atom is 0.235 e. The Bertz CT molecular complexity index is 1090. The molecule has 7 nitrogen and oxygen atoms in total. The second-order valence-electron chi connectivity index (χ2n) is 6.79. The van der Waals surface area contributed by atoms with E-state index >= 15 is 0 Å². The molecular formula is C19H19FN5O2S+. The number of benzene rings is 1. The minimum absolute atomic E-state index is 0.0999. The van der Waals surface area contributed by atoms with E-state index in [1.165, 1.54) is 33.1 Å². The topological polar surface area (TPSA) is 71.2 Å². The number of anilines is 1. The zero-order chi connectivity index (χ0) is 19.1. The van der Waals surface area contributed by atoms with Gasteiger partial charge in [0.2, 0.25) is 10.8 Å². The molecule has 9 heteroatoms. The molecular weight excluding hydrogens is 381 g/mol. The third-order valence-corrected chi connectivity index (χ3v) is 6.33. The summed E-state index contributed by atoms with van der Waals surface area (Å²) >= 11 is 1.42. The molecule has 0 spiro atoms. The van der Waals surface area contributed by atoms with Crippen LogP contribution in [-0.2, 0) is 0 Å². The number of hydrogen-bond acceptors (Lipinski definition) is 6. The Balaban J connectivity index is 1.44. The molecule has 0 saturated carbocycles. The zero-order valence-corrected chi connectivity index (χ0v) is 15.8. The number of rotatable bonds is 4. The number of furan rings is 1. The van der Waals surface area contributed by atoms with Crippen molar-refractivity contribution in [3.8, 4) is 5.88 Å². The van der Waals surface area contributed by atoms with E-state index in [1.807, 2.05) is 24.3 Å². The lowest BCUT2D eigenvalue weighted by Crippen LogP contribution is -3.15. The van der Waals surface area contributed by atoms with Crippen LogP contribution in [0.5, 0.6) is 5.88 Å². The SMILES string of the molecule is Oc1c([C@H](c2ccco2)[NH+]2CCN(c3ccccc3F)CC2)sc2ncnn12. The van der Waals surface area contributed by atoms with E-state index in [2.05, 4.69) is 15.0 Å². The van der Waals surface area contributed by atoms with E-state index in [0.29, 0.717) is 10.6 Å². The van der Waals surface area contributed by atoms with Crippen molar-refractivity contribution in [1.29, 1.82) is 0 Å². The lowest BCUT2D eigenvalue weighted by molar-refractivity contribution is -0.926. The average Bonchev–Trinajstić information content (AvgIpc) is 3.45. The van der Waals surface area contributed by atoms with E-state index < -0.39 is 0 Å². The minimum atomic E-state index is -0.197. The van der Waals surface area contributed by atoms with Gasteiger partial charge < -0.3 is 19.3 Å². The Morgan fingerprint density at radius 3 is 2.71 bits per heavy atom. The minimum Gasteiger partial charge on any atom is -0.492 e. The van der Waals surface area contributed by atoms with Crippen LogP contribution in [0.1, 0.15) is 16.7 Å². The second kappa shape index (κ2) is 6.92.